The number of carbonyl (C=O) groups excluding carboxylic acids is 1. The molecule has 3 aromatic rings. The number of methoxy groups -OCH3 is 1. The van der Waals surface area contributed by atoms with Crippen LogP contribution in [0.5, 0.6) is 0 Å². The number of nitrogen functional groups attached to an aromatic ring is 1. The fourth-order valence-electron chi connectivity index (χ4n) is 5.95. The van der Waals surface area contributed by atoms with Crippen LogP contribution < -0.4 is 16.0 Å². The first-order valence-electron chi connectivity index (χ1n) is 14.1. The Labute approximate surface area is 242 Å². The van der Waals surface area contributed by atoms with E-state index in [1.165, 1.54) is 6.07 Å². The van der Waals surface area contributed by atoms with Crippen LogP contribution in [-0.2, 0) is 17.7 Å². The van der Waals surface area contributed by atoms with E-state index in [0.29, 0.717) is 24.1 Å². The standard InChI is InChI=1S/C30H34F2N6O2S/c1-40-21-5-8-37(9-6-21)17-20-14-19(2-3-25(20)38-10-12-41-13-11-38)26-28(32)36-29(33)27(35-26)23-15-18-4-7-34-30(39)22(18)16-24(23)31/h2-3,14-16,21H,4-13,17H2,1H3,(H2,33,36)(H,34,39). The van der Waals surface area contributed by atoms with Crippen LogP contribution in [0.4, 0.5) is 20.3 Å². The maximum atomic E-state index is 15.3. The molecule has 2 saturated heterocycles. The fraction of sp³-hybridized carbons (Fsp3) is 0.433. The fourth-order valence-corrected chi connectivity index (χ4v) is 6.85. The third-order valence-corrected chi connectivity index (χ3v) is 9.16. The van der Waals surface area contributed by atoms with Crippen LogP contribution in [0.15, 0.2) is 30.3 Å². The third-order valence-electron chi connectivity index (χ3n) is 8.22. The topological polar surface area (TPSA) is 96.6 Å². The summed E-state index contributed by atoms with van der Waals surface area (Å²) in [5.74, 6) is 0.151. The van der Waals surface area contributed by atoms with Gasteiger partial charge in [-0.15, -0.1) is 0 Å². The Hall–Kier alpha value is -3.28. The Morgan fingerprint density at radius 2 is 1.83 bits per heavy atom. The SMILES string of the molecule is COC1CCN(Cc2cc(-c3nc(-c4cc5c(cc4F)C(=O)NCC5)c(N)nc3F)ccc2N2CCSCC2)CC1. The quantitative estimate of drug-likeness (QED) is 0.450. The number of hydrogen-bond acceptors (Lipinski definition) is 8. The lowest BCUT2D eigenvalue weighted by molar-refractivity contribution is 0.0389. The van der Waals surface area contributed by atoms with Gasteiger partial charge in [-0.3, -0.25) is 9.69 Å². The number of fused-ring (bicyclic) bond motifs is 1. The van der Waals surface area contributed by atoms with Crippen molar-refractivity contribution in [2.45, 2.75) is 31.9 Å². The van der Waals surface area contributed by atoms with Crippen molar-refractivity contribution in [3.05, 3.63) is 58.8 Å². The molecule has 4 heterocycles. The number of nitrogens with zero attached hydrogens (tertiary/aromatic N) is 4. The number of hydrogen-bond donors (Lipinski definition) is 2. The number of halogens is 2. The first-order chi connectivity index (χ1) is 19.9. The number of likely N-dealkylation sites (tertiary alicyclic amines) is 1. The van der Waals surface area contributed by atoms with Gasteiger partial charge in [0.25, 0.3) is 5.91 Å². The molecule has 41 heavy (non-hydrogen) atoms. The third kappa shape index (κ3) is 5.75. The van der Waals surface area contributed by atoms with Gasteiger partial charge in [0.05, 0.1) is 6.10 Å². The number of amides is 1. The summed E-state index contributed by atoms with van der Waals surface area (Å²) in [4.78, 5) is 25.5. The zero-order chi connectivity index (χ0) is 28.5. The van der Waals surface area contributed by atoms with Gasteiger partial charge in [-0.25, -0.2) is 9.37 Å². The van der Waals surface area contributed by atoms with Crippen LogP contribution >= 0.6 is 11.8 Å². The minimum Gasteiger partial charge on any atom is -0.382 e. The molecule has 0 bridgehead atoms. The lowest BCUT2D eigenvalue weighted by Crippen LogP contribution is -2.37. The van der Waals surface area contributed by atoms with Crippen LogP contribution in [-0.4, -0.2) is 78.2 Å². The van der Waals surface area contributed by atoms with E-state index in [1.807, 2.05) is 30.0 Å². The summed E-state index contributed by atoms with van der Waals surface area (Å²) in [6.45, 7) is 4.95. The van der Waals surface area contributed by atoms with Crippen molar-refractivity contribution in [1.82, 2.24) is 20.2 Å². The van der Waals surface area contributed by atoms with E-state index in [2.05, 4.69) is 25.1 Å². The van der Waals surface area contributed by atoms with E-state index in [-0.39, 0.29) is 40.3 Å². The number of benzene rings is 2. The van der Waals surface area contributed by atoms with Gasteiger partial charge in [0.15, 0.2) is 5.82 Å². The lowest BCUT2D eigenvalue weighted by Gasteiger charge is -2.34. The summed E-state index contributed by atoms with van der Waals surface area (Å²) in [6, 6.07) is 8.66. The Bertz CT molecular complexity index is 1460. The van der Waals surface area contributed by atoms with Crippen LogP contribution in [0.3, 0.4) is 0 Å². The summed E-state index contributed by atoms with van der Waals surface area (Å²) in [6.07, 6.45) is 2.78. The average molecular weight is 581 g/mol. The van der Waals surface area contributed by atoms with Gasteiger partial charge >= 0.3 is 0 Å². The minimum atomic E-state index is -0.807. The summed E-state index contributed by atoms with van der Waals surface area (Å²) in [5, 5.41) is 2.72. The van der Waals surface area contributed by atoms with E-state index < -0.39 is 11.8 Å². The number of thioether (sulfide) groups is 1. The van der Waals surface area contributed by atoms with Crippen molar-refractivity contribution in [3.63, 3.8) is 0 Å². The van der Waals surface area contributed by atoms with Crippen molar-refractivity contribution < 1.29 is 18.3 Å². The molecule has 3 aliphatic heterocycles. The molecule has 2 fully saturated rings. The van der Waals surface area contributed by atoms with E-state index in [4.69, 9.17) is 10.5 Å². The second-order valence-electron chi connectivity index (χ2n) is 10.7. The number of carbonyl (C=O) groups is 1. The number of nitrogens with two attached hydrogens (primary N) is 1. The maximum absolute atomic E-state index is 15.3. The van der Waals surface area contributed by atoms with Crippen molar-refractivity contribution in [1.29, 1.82) is 0 Å². The monoisotopic (exact) mass is 580 g/mol. The summed E-state index contributed by atoms with van der Waals surface area (Å²) < 4.78 is 36.2. The van der Waals surface area contributed by atoms with Gasteiger partial charge in [-0.2, -0.15) is 21.1 Å². The second-order valence-corrected chi connectivity index (χ2v) is 12.0. The van der Waals surface area contributed by atoms with E-state index >= 15 is 8.78 Å². The van der Waals surface area contributed by atoms with Gasteiger partial charge in [-0.05, 0) is 54.7 Å². The maximum Gasteiger partial charge on any atom is 0.251 e. The molecule has 0 aliphatic carbocycles. The van der Waals surface area contributed by atoms with Crippen molar-refractivity contribution in [2.75, 3.05) is 62.0 Å². The summed E-state index contributed by atoms with van der Waals surface area (Å²) >= 11 is 1.95. The highest BCUT2D eigenvalue weighted by Crippen LogP contribution is 2.35. The number of rotatable bonds is 6. The minimum absolute atomic E-state index is 0.0177. The number of aromatic nitrogens is 2. The van der Waals surface area contributed by atoms with E-state index in [0.717, 1.165) is 68.3 Å². The van der Waals surface area contributed by atoms with Crippen LogP contribution in [0.2, 0.25) is 0 Å². The first-order valence-corrected chi connectivity index (χ1v) is 15.2. The zero-order valence-corrected chi connectivity index (χ0v) is 23.9. The molecule has 0 unspecified atom stereocenters. The van der Waals surface area contributed by atoms with Gasteiger partial charge < -0.3 is 20.7 Å². The molecule has 0 saturated carbocycles. The molecule has 2 aromatic carbocycles. The molecular weight excluding hydrogens is 546 g/mol. The number of anilines is 2. The Kier molecular flexibility index (Phi) is 8.10. The van der Waals surface area contributed by atoms with E-state index in [9.17, 15) is 4.79 Å². The van der Waals surface area contributed by atoms with Crippen molar-refractivity contribution in [3.8, 4) is 22.5 Å². The molecule has 3 aliphatic rings. The molecule has 0 spiro atoms. The largest absolute Gasteiger partial charge is 0.382 e. The molecule has 0 atom stereocenters. The molecule has 6 rings (SSSR count). The first kappa shape index (κ1) is 27.9. The average Bonchev–Trinajstić information content (AvgIpc) is 2.98. The predicted molar refractivity (Wildman–Crippen MR) is 158 cm³/mol. The lowest BCUT2D eigenvalue weighted by atomic mass is 9.96. The molecule has 3 N–H and O–H groups in total. The Morgan fingerprint density at radius 3 is 2.59 bits per heavy atom. The Morgan fingerprint density at radius 1 is 1.05 bits per heavy atom. The summed E-state index contributed by atoms with van der Waals surface area (Å²) in [5.41, 5.74) is 10.1. The van der Waals surface area contributed by atoms with Gasteiger partial charge in [0, 0.05) is 80.3 Å². The highest BCUT2D eigenvalue weighted by Gasteiger charge is 2.25. The highest BCUT2D eigenvalue weighted by atomic mass is 32.2. The molecule has 8 nitrogen and oxygen atoms in total. The van der Waals surface area contributed by atoms with Crippen molar-refractivity contribution in [2.24, 2.45) is 0 Å². The van der Waals surface area contributed by atoms with Crippen molar-refractivity contribution >= 4 is 29.2 Å². The van der Waals surface area contributed by atoms with Crippen LogP contribution in [0.25, 0.3) is 22.5 Å². The summed E-state index contributed by atoms with van der Waals surface area (Å²) in [7, 11) is 1.76. The van der Waals surface area contributed by atoms with Gasteiger partial charge in [-0.1, -0.05) is 6.07 Å². The normalized spacial score (nSPS) is 18.3. The highest BCUT2D eigenvalue weighted by molar-refractivity contribution is 7.99. The molecule has 1 aromatic heterocycles. The van der Waals surface area contributed by atoms with Crippen LogP contribution in [0, 0.1) is 11.8 Å². The number of piperidine rings is 1. The smallest absolute Gasteiger partial charge is 0.251 e. The predicted octanol–water partition coefficient (Wildman–Crippen LogP) is 4.12. The zero-order valence-electron chi connectivity index (χ0n) is 23.1. The number of nitrogens with one attached hydrogen (secondary N) is 1. The molecule has 216 valence electrons. The van der Waals surface area contributed by atoms with E-state index in [1.54, 1.807) is 13.2 Å². The second kappa shape index (κ2) is 11.9. The Balaban J connectivity index is 1.38. The molecule has 11 heteroatoms. The molecule has 1 amide bonds. The molecular formula is C30H34F2N6O2S. The molecule has 0 radical (unpaired) electrons. The van der Waals surface area contributed by atoms with Gasteiger partial charge in [0.2, 0.25) is 5.95 Å². The number of ether oxygens (including phenoxy) is 1. The van der Waals surface area contributed by atoms with Gasteiger partial charge in [0.1, 0.15) is 17.2 Å². The van der Waals surface area contributed by atoms with Crippen LogP contribution in [0.1, 0.15) is 34.3 Å².